The van der Waals surface area contributed by atoms with E-state index in [1.165, 1.54) is 18.5 Å². The van der Waals surface area contributed by atoms with E-state index in [1.54, 1.807) is 24.3 Å². The van der Waals surface area contributed by atoms with Crippen molar-refractivity contribution in [2.24, 2.45) is 5.92 Å². The monoisotopic (exact) mass is 379 g/mol. The van der Waals surface area contributed by atoms with Crippen LogP contribution in [0.5, 0.6) is 0 Å². The molecule has 0 atom stereocenters. The highest BCUT2D eigenvalue weighted by Crippen LogP contribution is 2.24. The van der Waals surface area contributed by atoms with Crippen LogP contribution >= 0.6 is 0 Å². The van der Waals surface area contributed by atoms with Crippen molar-refractivity contribution in [3.63, 3.8) is 0 Å². The van der Waals surface area contributed by atoms with Gasteiger partial charge in [0, 0.05) is 41.6 Å². The minimum absolute atomic E-state index is 0.0478. The van der Waals surface area contributed by atoms with Crippen LogP contribution in [0.1, 0.15) is 54.3 Å². The minimum Gasteiger partial charge on any atom is -0.372 e. The molecule has 1 aliphatic heterocycles. The van der Waals surface area contributed by atoms with Gasteiger partial charge in [0.05, 0.1) is 0 Å². The Labute approximate surface area is 167 Å². The van der Waals surface area contributed by atoms with Crippen molar-refractivity contribution in [2.45, 2.75) is 39.7 Å². The lowest BCUT2D eigenvalue weighted by atomic mass is 9.99. The maximum atomic E-state index is 12.6. The summed E-state index contributed by atoms with van der Waals surface area (Å²) in [7, 11) is 0. The van der Waals surface area contributed by atoms with Gasteiger partial charge in [0.2, 0.25) is 0 Å². The molecule has 0 bridgehead atoms. The zero-order valence-electron chi connectivity index (χ0n) is 16.9. The van der Waals surface area contributed by atoms with Gasteiger partial charge in [-0.3, -0.25) is 9.59 Å². The van der Waals surface area contributed by atoms with Crippen molar-refractivity contribution in [2.75, 3.05) is 23.3 Å². The number of piperidine rings is 1. The van der Waals surface area contributed by atoms with E-state index in [1.807, 2.05) is 26.0 Å². The fraction of sp³-hybridized carbons (Fsp3) is 0.391. The Bertz CT molecular complexity index is 822. The number of benzene rings is 2. The summed E-state index contributed by atoms with van der Waals surface area (Å²) in [4.78, 5) is 27.1. The number of carbonyl (C=O) groups is 2. The number of nitrogens with zero attached hydrogens (tertiary/aromatic N) is 1. The van der Waals surface area contributed by atoms with Crippen LogP contribution in [0, 0.1) is 5.92 Å². The van der Waals surface area contributed by atoms with Crippen molar-refractivity contribution < 1.29 is 9.59 Å². The first-order valence-electron chi connectivity index (χ1n) is 9.99. The molecule has 0 unspecified atom stereocenters. The first kappa shape index (κ1) is 19.9. The summed E-state index contributed by atoms with van der Waals surface area (Å²) in [5, 5.41) is 5.75. The third kappa shape index (κ3) is 5.12. The van der Waals surface area contributed by atoms with Crippen molar-refractivity contribution in [1.29, 1.82) is 0 Å². The molecule has 148 valence electrons. The predicted molar refractivity (Wildman–Crippen MR) is 114 cm³/mol. The van der Waals surface area contributed by atoms with Crippen LogP contribution in [-0.4, -0.2) is 30.9 Å². The van der Waals surface area contributed by atoms with Crippen LogP contribution in [0.15, 0.2) is 48.5 Å². The Kier molecular flexibility index (Phi) is 6.34. The van der Waals surface area contributed by atoms with Gasteiger partial charge >= 0.3 is 0 Å². The molecule has 2 aromatic carbocycles. The average molecular weight is 380 g/mol. The standard InChI is InChI=1S/C23H29N3O2/c1-16(2)24-22(27)18-5-4-6-19(15-18)23(28)25-20-7-9-21(10-8-20)26-13-11-17(3)12-14-26/h4-10,15-17H,11-14H2,1-3H3,(H,24,27)(H,25,28). The number of carbonyl (C=O) groups excluding carboxylic acids is 2. The number of rotatable bonds is 5. The zero-order valence-corrected chi connectivity index (χ0v) is 16.9. The van der Waals surface area contributed by atoms with Gasteiger partial charge in [0.1, 0.15) is 0 Å². The predicted octanol–water partition coefficient (Wildman–Crippen LogP) is 4.31. The molecule has 2 N–H and O–H groups in total. The molecule has 0 aromatic heterocycles. The van der Waals surface area contributed by atoms with Gasteiger partial charge in [-0.2, -0.15) is 0 Å². The molecular weight excluding hydrogens is 350 g/mol. The van der Waals surface area contributed by atoms with E-state index < -0.39 is 0 Å². The van der Waals surface area contributed by atoms with Crippen LogP contribution < -0.4 is 15.5 Å². The average Bonchev–Trinajstić information content (AvgIpc) is 2.69. The molecule has 0 aliphatic carbocycles. The lowest BCUT2D eigenvalue weighted by Crippen LogP contribution is -2.32. The summed E-state index contributed by atoms with van der Waals surface area (Å²) >= 11 is 0. The smallest absolute Gasteiger partial charge is 0.255 e. The van der Waals surface area contributed by atoms with Crippen LogP contribution in [-0.2, 0) is 0 Å². The molecule has 0 radical (unpaired) electrons. The Balaban J connectivity index is 1.64. The van der Waals surface area contributed by atoms with Crippen LogP contribution in [0.2, 0.25) is 0 Å². The van der Waals surface area contributed by atoms with Gasteiger partial charge in [-0.15, -0.1) is 0 Å². The van der Waals surface area contributed by atoms with Crippen LogP contribution in [0.4, 0.5) is 11.4 Å². The lowest BCUT2D eigenvalue weighted by Gasteiger charge is -2.32. The van der Waals surface area contributed by atoms with Crippen molar-refractivity contribution in [3.05, 3.63) is 59.7 Å². The maximum absolute atomic E-state index is 12.6. The Morgan fingerprint density at radius 3 is 2.18 bits per heavy atom. The van der Waals surface area contributed by atoms with Gasteiger partial charge in [-0.25, -0.2) is 0 Å². The summed E-state index contributed by atoms with van der Waals surface area (Å²) in [5.74, 6) is 0.400. The molecule has 28 heavy (non-hydrogen) atoms. The molecule has 5 nitrogen and oxygen atoms in total. The summed E-state index contributed by atoms with van der Waals surface area (Å²) in [6.07, 6.45) is 2.44. The fourth-order valence-corrected chi connectivity index (χ4v) is 3.37. The summed E-state index contributed by atoms with van der Waals surface area (Å²) in [6, 6.07) is 14.8. The van der Waals surface area contributed by atoms with Crippen LogP contribution in [0.25, 0.3) is 0 Å². The number of amides is 2. The molecule has 1 heterocycles. The van der Waals surface area contributed by atoms with Crippen molar-refractivity contribution in [3.8, 4) is 0 Å². The molecule has 0 saturated carbocycles. The molecule has 2 amide bonds. The summed E-state index contributed by atoms with van der Waals surface area (Å²) < 4.78 is 0. The number of nitrogens with one attached hydrogen (secondary N) is 2. The van der Waals surface area contributed by atoms with Gasteiger partial charge in [-0.1, -0.05) is 13.0 Å². The zero-order chi connectivity index (χ0) is 20.1. The highest BCUT2D eigenvalue weighted by Gasteiger charge is 2.16. The molecule has 0 spiro atoms. The van der Waals surface area contributed by atoms with Gasteiger partial charge in [0.25, 0.3) is 11.8 Å². The molecule has 1 fully saturated rings. The normalized spacial score (nSPS) is 14.8. The molecule has 1 saturated heterocycles. The number of hydrogen-bond acceptors (Lipinski definition) is 3. The van der Waals surface area contributed by atoms with E-state index in [-0.39, 0.29) is 17.9 Å². The largest absolute Gasteiger partial charge is 0.372 e. The van der Waals surface area contributed by atoms with Crippen molar-refractivity contribution >= 4 is 23.2 Å². The minimum atomic E-state index is -0.223. The van der Waals surface area contributed by atoms with E-state index in [0.717, 1.165) is 24.7 Å². The van der Waals surface area contributed by atoms with Gasteiger partial charge in [-0.05, 0) is 75.1 Å². The van der Waals surface area contributed by atoms with E-state index in [4.69, 9.17) is 0 Å². The molecule has 5 heteroatoms. The second-order valence-electron chi connectivity index (χ2n) is 7.88. The Hall–Kier alpha value is -2.82. The first-order valence-corrected chi connectivity index (χ1v) is 9.99. The van der Waals surface area contributed by atoms with Crippen LogP contribution in [0.3, 0.4) is 0 Å². The highest BCUT2D eigenvalue weighted by molar-refractivity contribution is 6.06. The maximum Gasteiger partial charge on any atom is 0.255 e. The molecule has 1 aliphatic rings. The van der Waals surface area contributed by atoms with Gasteiger partial charge in [0.15, 0.2) is 0 Å². The molecular formula is C23H29N3O2. The number of anilines is 2. The third-order valence-electron chi connectivity index (χ3n) is 5.08. The quantitative estimate of drug-likeness (QED) is 0.814. The SMILES string of the molecule is CC1CCN(c2ccc(NC(=O)c3cccc(C(=O)NC(C)C)c3)cc2)CC1. The Morgan fingerprint density at radius 2 is 1.57 bits per heavy atom. The molecule has 2 aromatic rings. The number of hydrogen-bond donors (Lipinski definition) is 2. The second kappa shape index (κ2) is 8.91. The fourth-order valence-electron chi connectivity index (χ4n) is 3.37. The summed E-state index contributed by atoms with van der Waals surface area (Å²) in [6.45, 7) is 8.28. The molecule has 3 rings (SSSR count). The topological polar surface area (TPSA) is 61.4 Å². The lowest BCUT2D eigenvalue weighted by molar-refractivity contribution is 0.0943. The first-order chi connectivity index (χ1) is 13.4. The van der Waals surface area contributed by atoms with Gasteiger partial charge < -0.3 is 15.5 Å². The van der Waals surface area contributed by atoms with E-state index in [0.29, 0.717) is 11.1 Å². The van der Waals surface area contributed by atoms with Crippen molar-refractivity contribution in [1.82, 2.24) is 5.32 Å². The highest BCUT2D eigenvalue weighted by atomic mass is 16.2. The van der Waals surface area contributed by atoms with E-state index >= 15 is 0 Å². The summed E-state index contributed by atoms with van der Waals surface area (Å²) in [5.41, 5.74) is 2.88. The van der Waals surface area contributed by atoms with E-state index in [2.05, 4.69) is 34.6 Å². The van der Waals surface area contributed by atoms with E-state index in [9.17, 15) is 9.59 Å². The Morgan fingerprint density at radius 1 is 0.964 bits per heavy atom. The second-order valence-corrected chi connectivity index (χ2v) is 7.88. The third-order valence-corrected chi connectivity index (χ3v) is 5.08.